The van der Waals surface area contributed by atoms with Crippen LogP contribution in [0.2, 0.25) is 0 Å². The Hall–Kier alpha value is -2.92. The van der Waals surface area contributed by atoms with Crippen molar-refractivity contribution in [2.45, 2.75) is 50.2 Å². The lowest BCUT2D eigenvalue weighted by molar-refractivity contribution is -0.143. The zero-order chi connectivity index (χ0) is 27.8. The van der Waals surface area contributed by atoms with Crippen LogP contribution in [0, 0.1) is 5.92 Å². The van der Waals surface area contributed by atoms with Crippen molar-refractivity contribution in [2.75, 3.05) is 25.5 Å². The molecule has 0 amide bonds. The van der Waals surface area contributed by atoms with Gasteiger partial charge in [0.2, 0.25) is 5.95 Å². The van der Waals surface area contributed by atoms with Crippen molar-refractivity contribution in [3.63, 3.8) is 0 Å². The first kappa shape index (κ1) is 29.1. The highest BCUT2D eigenvalue weighted by Crippen LogP contribution is 2.48. The highest BCUT2D eigenvalue weighted by molar-refractivity contribution is 8.00. The summed E-state index contributed by atoms with van der Waals surface area (Å²) >= 11 is 1.50. The van der Waals surface area contributed by atoms with E-state index >= 15 is 0 Å². The van der Waals surface area contributed by atoms with E-state index < -0.39 is 19.4 Å². The molecule has 0 spiro atoms. The van der Waals surface area contributed by atoms with Gasteiger partial charge in [0.1, 0.15) is 18.6 Å². The maximum absolute atomic E-state index is 13.9. The molecule has 0 saturated carbocycles. The van der Waals surface area contributed by atoms with Gasteiger partial charge >= 0.3 is 19.4 Å². The SMILES string of the molecule is CCC(CC)COC(=O)CNP(=O)(OC[C@@H]1CC[C@H](n2cnc(N)nc2=O)S1)Oc1cccc2ccccc12. The first-order valence-electron chi connectivity index (χ1n) is 13.0. The van der Waals surface area contributed by atoms with E-state index in [1.165, 1.54) is 22.7 Å². The van der Waals surface area contributed by atoms with Crippen molar-refractivity contribution in [3.8, 4) is 5.75 Å². The topological polar surface area (TPSA) is 148 Å². The van der Waals surface area contributed by atoms with Crippen LogP contribution in [0.5, 0.6) is 5.75 Å². The van der Waals surface area contributed by atoms with E-state index in [9.17, 15) is 14.2 Å². The highest BCUT2D eigenvalue weighted by Gasteiger charge is 2.33. The molecule has 13 heteroatoms. The van der Waals surface area contributed by atoms with Gasteiger partial charge in [-0.15, -0.1) is 11.8 Å². The molecule has 0 aliphatic carbocycles. The van der Waals surface area contributed by atoms with Gasteiger partial charge in [-0.3, -0.25) is 13.9 Å². The molecule has 2 aromatic carbocycles. The number of aromatic nitrogens is 3. The molecule has 4 rings (SSSR count). The number of anilines is 1. The number of esters is 1. The Kier molecular flexibility index (Phi) is 10.0. The first-order chi connectivity index (χ1) is 18.8. The number of carbonyl (C=O) groups excluding carboxylic acids is 1. The fourth-order valence-electron chi connectivity index (χ4n) is 4.20. The number of carbonyl (C=O) groups is 1. The van der Waals surface area contributed by atoms with E-state index in [0.29, 0.717) is 25.2 Å². The third-order valence-electron chi connectivity index (χ3n) is 6.59. The first-order valence-corrected chi connectivity index (χ1v) is 15.5. The number of nitrogens with two attached hydrogens (primary N) is 1. The molecule has 1 aliphatic rings. The molecule has 3 N–H and O–H groups in total. The van der Waals surface area contributed by atoms with Crippen molar-refractivity contribution in [2.24, 2.45) is 5.92 Å². The van der Waals surface area contributed by atoms with Crippen LogP contribution in [0.25, 0.3) is 10.8 Å². The predicted molar refractivity (Wildman–Crippen MR) is 152 cm³/mol. The monoisotopic (exact) mass is 575 g/mol. The number of thioether (sulfide) groups is 1. The van der Waals surface area contributed by atoms with Crippen LogP contribution in [-0.2, 0) is 18.6 Å². The van der Waals surface area contributed by atoms with Crippen LogP contribution in [0.4, 0.5) is 5.95 Å². The van der Waals surface area contributed by atoms with E-state index in [0.717, 1.165) is 23.6 Å². The summed E-state index contributed by atoms with van der Waals surface area (Å²) in [6.07, 6.45) is 4.57. The smallest absolute Gasteiger partial charge is 0.459 e. The number of hydrogen-bond donors (Lipinski definition) is 2. The van der Waals surface area contributed by atoms with Gasteiger partial charge in [0.25, 0.3) is 0 Å². The van der Waals surface area contributed by atoms with Crippen LogP contribution in [0.3, 0.4) is 0 Å². The van der Waals surface area contributed by atoms with Crippen molar-refractivity contribution in [1.82, 2.24) is 19.6 Å². The molecule has 11 nitrogen and oxygen atoms in total. The van der Waals surface area contributed by atoms with Crippen molar-refractivity contribution in [1.29, 1.82) is 0 Å². The molecule has 3 atom stereocenters. The van der Waals surface area contributed by atoms with Gasteiger partial charge in [-0.25, -0.2) is 19.4 Å². The number of fused-ring (bicyclic) bond motifs is 1. The molecule has 1 saturated heterocycles. The minimum atomic E-state index is -3.99. The van der Waals surface area contributed by atoms with E-state index in [-0.39, 0.29) is 35.6 Å². The number of nitrogen functional groups attached to an aromatic ring is 1. The maximum atomic E-state index is 13.9. The number of ether oxygens (including phenoxy) is 1. The fraction of sp³-hybridized carbons (Fsp3) is 0.462. The third-order valence-corrected chi connectivity index (χ3v) is 9.60. The normalized spacial score (nSPS) is 18.7. The summed E-state index contributed by atoms with van der Waals surface area (Å²) in [7, 11) is -3.99. The second-order valence-electron chi connectivity index (χ2n) is 9.26. The summed E-state index contributed by atoms with van der Waals surface area (Å²) in [6.45, 7) is 4.13. The molecule has 0 radical (unpaired) electrons. The lowest BCUT2D eigenvalue weighted by atomic mass is 10.1. The molecule has 2 heterocycles. The number of rotatable bonds is 13. The van der Waals surface area contributed by atoms with Gasteiger partial charge in [0.05, 0.1) is 18.6 Å². The summed E-state index contributed by atoms with van der Waals surface area (Å²) in [5.74, 6) is 0.0348. The van der Waals surface area contributed by atoms with Gasteiger partial charge in [-0.1, -0.05) is 63.1 Å². The van der Waals surface area contributed by atoms with Gasteiger partial charge in [-0.2, -0.15) is 4.98 Å². The van der Waals surface area contributed by atoms with Crippen LogP contribution in [-0.4, -0.2) is 45.5 Å². The van der Waals surface area contributed by atoms with Crippen molar-refractivity contribution in [3.05, 3.63) is 59.3 Å². The van der Waals surface area contributed by atoms with Gasteiger partial charge in [0, 0.05) is 10.6 Å². The Morgan fingerprint density at radius 2 is 1.97 bits per heavy atom. The summed E-state index contributed by atoms with van der Waals surface area (Å²) in [5, 5.41) is 4.09. The average molecular weight is 576 g/mol. The standard InChI is InChI=1S/C26H34N5O6PS/c1-3-18(4-2)15-35-24(32)14-29-38(34,37-22-11-7-9-19-8-5-6-10-21(19)22)36-16-20-12-13-23(39-20)31-17-28-25(27)30-26(31)33/h5-11,17-18,20,23H,3-4,12-16H2,1-2H3,(H,29,34)(H2,27,30,33)/t20-,23+,38?/m0/s1. The summed E-state index contributed by atoms with van der Waals surface area (Å²) in [6, 6.07) is 13.0. The number of hydrogen-bond acceptors (Lipinski definition) is 10. The lowest BCUT2D eigenvalue weighted by Crippen LogP contribution is -2.28. The molecule has 1 fully saturated rings. The average Bonchev–Trinajstić information content (AvgIpc) is 3.40. The Morgan fingerprint density at radius 1 is 1.21 bits per heavy atom. The molecule has 39 heavy (non-hydrogen) atoms. The van der Waals surface area contributed by atoms with Gasteiger partial charge in [-0.05, 0) is 30.2 Å². The molecular weight excluding hydrogens is 541 g/mol. The van der Waals surface area contributed by atoms with Gasteiger partial charge < -0.3 is 15.0 Å². The molecular formula is C26H34N5O6PS. The number of nitrogens with zero attached hydrogens (tertiary/aromatic N) is 3. The Labute approximate surface area is 231 Å². The van der Waals surface area contributed by atoms with E-state index in [4.69, 9.17) is 19.5 Å². The van der Waals surface area contributed by atoms with Gasteiger partial charge in [0.15, 0.2) is 0 Å². The zero-order valence-electron chi connectivity index (χ0n) is 22.0. The van der Waals surface area contributed by atoms with E-state index in [1.54, 1.807) is 12.1 Å². The molecule has 3 aromatic rings. The second-order valence-corrected chi connectivity index (χ2v) is 12.5. The van der Waals surface area contributed by atoms with Crippen LogP contribution in [0.1, 0.15) is 44.9 Å². The molecule has 1 unspecified atom stereocenters. The van der Waals surface area contributed by atoms with E-state index in [2.05, 4.69) is 15.1 Å². The summed E-state index contributed by atoms with van der Waals surface area (Å²) in [5.41, 5.74) is 5.03. The summed E-state index contributed by atoms with van der Waals surface area (Å²) in [4.78, 5) is 32.2. The minimum Gasteiger partial charge on any atom is -0.464 e. The minimum absolute atomic E-state index is 0.0730. The Balaban J connectivity index is 1.44. The number of benzene rings is 2. The maximum Gasteiger partial charge on any atom is 0.459 e. The van der Waals surface area contributed by atoms with Crippen molar-refractivity contribution >= 4 is 42.2 Å². The largest absolute Gasteiger partial charge is 0.464 e. The quantitative estimate of drug-likeness (QED) is 0.219. The zero-order valence-corrected chi connectivity index (χ0v) is 23.7. The van der Waals surface area contributed by atoms with Crippen LogP contribution < -0.4 is 21.0 Å². The highest BCUT2D eigenvalue weighted by atomic mass is 32.2. The summed E-state index contributed by atoms with van der Waals surface area (Å²) < 4.78 is 32.5. The molecule has 210 valence electrons. The predicted octanol–water partition coefficient (Wildman–Crippen LogP) is 4.54. The Bertz CT molecular complexity index is 1380. The van der Waals surface area contributed by atoms with Crippen LogP contribution >= 0.6 is 19.5 Å². The lowest BCUT2D eigenvalue weighted by Gasteiger charge is -2.22. The number of nitrogens with one attached hydrogen (secondary N) is 1. The van der Waals surface area contributed by atoms with Crippen molar-refractivity contribution < 1.29 is 23.1 Å². The fourth-order valence-corrected chi connectivity index (χ4v) is 7.04. The third kappa shape index (κ3) is 7.82. The molecule has 0 bridgehead atoms. The van der Waals surface area contributed by atoms with E-state index in [1.807, 2.05) is 44.2 Å². The Morgan fingerprint density at radius 3 is 2.74 bits per heavy atom. The molecule has 1 aromatic heterocycles. The second kappa shape index (κ2) is 13.4. The van der Waals surface area contributed by atoms with Crippen LogP contribution in [0.15, 0.2) is 53.6 Å². The molecule has 1 aliphatic heterocycles.